The van der Waals surface area contributed by atoms with Crippen LogP contribution in [0.4, 0.5) is 17.1 Å². The van der Waals surface area contributed by atoms with E-state index in [1.807, 2.05) is 83.8 Å². The summed E-state index contributed by atoms with van der Waals surface area (Å²) in [5.41, 5.74) is 14.1. The molecule has 0 N–H and O–H groups in total. The van der Waals surface area contributed by atoms with Crippen molar-refractivity contribution >= 4 is 39.0 Å². The van der Waals surface area contributed by atoms with Crippen LogP contribution in [0.25, 0.3) is 66.4 Å². The molecule has 296 valence electrons. The van der Waals surface area contributed by atoms with Gasteiger partial charge in [0.05, 0.1) is 10.9 Å². The van der Waals surface area contributed by atoms with Crippen molar-refractivity contribution in [2.45, 2.75) is 5.41 Å². The van der Waals surface area contributed by atoms with Gasteiger partial charge in [0.25, 0.3) is 0 Å². The number of benzene rings is 10. The van der Waals surface area contributed by atoms with Gasteiger partial charge in [-0.25, -0.2) is 0 Å². The summed E-state index contributed by atoms with van der Waals surface area (Å²) < 4.78 is 44.8. The van der Waals surface area contributed by atoms with E-state index >= 15 is 0 Å². The molecule has 0 amide bonds. The maximum atomic E-state index is 9.74. The molecule has 1 heterocycles. The zero-order valence-corrected chi connectivity index (χ0v) is 34.2. The predicted molar refractivity (Wildman–Crippen MR) is 262 cm³/mol. The minimum atomic E-state index is -0.763. The molecule has 10 aromatic carbocycles. The van der Waals surface area contributed by atoms with Gasteiger partial charge in [-0.3, -0.25) is 0 Å². The summed E-state index contributed by atoms with van der Waals surface area (Å²) in [4.78, 5) is 1.90. The molecule has 63 heavy (non-hydrogen) atoms. The number of para-hydroxylation sites is 2. The van der Waals surface area contributed by atoms with E-state index in [0.29, 0.717) is 16.9 Å². The Hall–Kier alpha value is -8.20. The quantitative estimate of drug-likeness (QED) is 0.152. The van der Waals surface area contributed by atoms with E-state index in [-0.39, 0.29) is 35.4 Å². The van der Waals surface area contributed by atoms with Gasteiger partial charge >= 0.3 is 0 Å². The van der Waals surface area contributed by atoms with Crippen LogP contribution < -0.4 is 4.90 Å². The lowest BCUT2D eigenvalue weighted by molar-refractivity contribution is 0.670. The summed E-state index contributed by atoms with van der Waals surface area (Å²) in [7, 11) is 0. The van der Waals surface area contributed by atoms with Crippen LogP contribution >= 0.6 is 0 Å². The summed E-state index contributed by atoms with van der Waals surface area (Å²) in [6, 6.07) is 76.2. The molecule has 0 saturated carbocycles. The van der Waals surface area contributed by atoms with E-state index in [4.69, 9.17) is 4.42 Å². The van der Waals surface area contributed by atoms with Crippen molar-refractivity contribution < 1.29 is 9.90 Å². The maximum Gasteiger partial charge on any atom is 0.143 e. The van der Waals surface area contributed by atoms with Crippen LogP contribution in [0.3, 0.4) is 0 Å². The molecule has 2 nitrogen and oxygen atoms in total. The Morgan fingerprint density at radius 2 is 0.873 bits per heavy atom. The fourth-order valence-corrected chi connectivity index (χ4v) is 9.76. The van der Waals surface area contributed by atoms with E-state index in [0.717, 1.165) is 77.6 Å². The average Bonchev–Trinajstić information content (AvgIpc) is 3.92. The first-order chi connectivity index (χ1) is 32.9. The first-order valence-electron chi connectivity index (χ1n) is 23.3. The fraction of sp³-hybridized carbons (Fsp3) is 0.0164. The van der Waals surface area contributed by atoms with Crippen LogP contribution in [0, 0.1) is 0 Å². The van der Waals surface area contributed by atoms with Crippen LogP contribution in [0.5, 0.6) is 0 Å². The third-order valence-electron chi connectivity index (χ3n) is 12.6. The molecule has 1 aliphatic rings. The van der Waals surface area contributed by atoms with E-state index < -0.39 is 5.41 Å². The van der Waals surface area contributed by atoms with Crippen LogP contribution in [-0.2, 0) is 5.41 Å². The van der Waals surface area contributed by atoms with Gasteiger partial charge in [0.2, 0.25) is 0 Å². The lowest BCUT2D eigenvalue weighted by Gasteiger charge is -2.35. The van der Waals surface area contributed by atoms with Crippen molar-refractivity contribution in [3.63, 3.8) is 0 Å². The minimum Gasteiger partial charge on any atom is -0.455 e. The Balaban J connectivity index is 1.11. The molecule has 2 heteroatoms. The van der Waals surface area contributed by atoms with Gasteiger partial charge in [0, 0.05) is 33.4 Å². The van der Waals surface area contributed by atoms with Crippen molar-refractivity contribution in [3.05, 3.63) is 271 Å². The molecular weight excluding hydrogens is 763 g/mol. The number of hydrogen-bond donors (Lipinski definition) is 0. The Morgan fingerprint density at radius 1 is 0.349 bits per heavy atom. The monoisotopic (exact) mass is 807 g/mol. The van der Waals surface area contributed by atoms with Crippen molar-refractivity contribution in [1.29, 1.82) is 0 Å². The molecule has 0 unspecified atom stereocenters. The molecule has 0 fully saturated rings. The Kier molecular flexibility index (Phi) is 7.78. The predicted octanol–water partition coefficient (Wildman–Crippen LogP) is 16.4. The maximum absolute atomic E-state index is 9.74. The van der Waals surface area contributed by atoms with Crippen LogP contribution in [0.15, 0.2) is 253 Å². The van der Waals surface area contributed by atoms with Crippen molar-refractivity contribution in [1.82, 2.24) is 0 Å². The third kappa shape index (κ3) is 6.02. The van der Waals surface area contributed by atoms with E-state index in [9.17, 15) is 5.48 Å². The molecule has 0 spiro atoms. The largest absolute Gasteiger partial charge is 0.455 e. The summed E-state index contributed by atoms with van der Waals surface area (Å²) in [5, 5.41) is 2.10. The van der Waals surface area contributed by atoms with Gasteiger partial charge < -0.3 is 9.32 Å². The van der Waals surface area contributed by atoms with Crippen molar-refractivity contribution in [2.24, 2.45) is 0 Å². The number of nitrogens with zero attached hydrogens (tertiary/aromatic N) is 1. The second-order valence-electron chi connectivity index (χ2n) is 16.1. The molecule has 11 aromatic rings. The Bertz CT molecular complexity index is 3600. The molecule has 1 aromatic heterocycles. The normalized spacial score (nSPS) is 13.5. The Labute approximate surface area is 373 Å². The summed E-state index contributed by atoms with van der Waals surface area (Å²) in [6.07, 6.45) is 0. The topological polar surface area (TPSA) is 16.4 Å². The van der Waals surface area contributed by atoms with E-state index in [2.05, 4.69) is 146 Å². The van der Waals surface area contributed by atoms with Crippen molar-refractivity contribution in [2.75, 3.05) is 4.90 Å². The molecule has 0 radical (unpaired) electrons. The van der Waals surface area contributed by atoms with Crippen LogP contribution in [0.2, 0.25) is 0 Å². The SMILES string of the molecule is [2H]c1c([2H])c(N(c2ccc(-c3cccc4c3oc3ccccc34)cc2)c2ccc3c(c2)C(c2ccccc2)(c2ccccc2)c2cc(-c4ccccc4)ccc2-3)c([2H])c([2H])c1-c1ccccc1. The third-order valence-corrected chi connectivity index (χ3v) is 12.6. The molecular formula is C61H41NO. The molecule has 0 aliphatic heterocycles. The van der Waals surface area contributed by atoms with Crippen molar-refractivity contribution in [3.8, 4) is 44.5 Å². The van der Waals surface area contributed by atoms with Gasteiger partial charge in [0.15, 0.2) is 0 Å². The van der Waals surface area contributed by atoms with E-state index in [1.54, 1.807) is 0 Å². The zero-order valence-electron chi connectivity index (χ0n) is 38.2. The van der Waals surface area contributed by atoms with Crippen LogP contribution in [-0.4, -0.2) is 0 Å². The zero-order chi connectivity index (χ0) is 45.2. The van der Waals surface area contributed by atoms with Gasteiger partial charge in [0.1, 0.15) is 11.2 Å². The van der Waals surface area contributed by atoms with Crippen LogP contribution in [0.1, 0.15) is 27.7 Å². The summed E-state index contributed by atoms with van der Waals surface area (Å²) >= 11 is 0. The molecule has 0 bridgehead atoms. The summed E-state index contributed by atoms with van der Waals surface area (Å²) in [5.74, 6) is 0. The molecule has 0 atom stereocenters. The first-order valence-corrected chi connectivity index (χ1v) is 21.3. The highest BCUT2D eigenvalue weighted by atomic mass is 16.3. The molecule has 12 rings (SSSR count). The highest BCUT2D eigenvalue weighted by molar-refractivity contribution is 6.09. The second kappa shape index (κ2) is 15.1. The number of hydrogen-bond acceptors (Lipinski definition) is 2. The van der Waals surface area contributed by atoms with Gasteiger partial charge in [-0.15, -0.1) is 0 Å². The van der Waals surface area contributed by atoms with Gasteiger partial charge in [-0.05, 0) is 110 Å². The smallest absolute Gasteiger partial charge is 0.143 e. The molecule has 1 aliphatic carbocycles. The van der Waals surface area contributed by atoms with Gasteiger partial charge in [-0.2, -0.15) is 0 Å². The summed E-state index contributed by atoms with van der Waals surface area (Å²) in [6.45, 7) is 0. The van der Waals surface area contributed by atoms with E-state index in [1.165, 1.54) is 0 Å². The standard InChI is InChI=1S/C61H41NO/c1-5-16-42(17-6-1)44-28-33-49(34-29-44)62(50-35-30-45(31-36-50)52-25-15-26-56-55-24-13-14-27-59(55)63-60(52)56)51-37-39-54-53-38-32-46(43-18-7-2-8-19-43)40-57(53)61(58(54)41-51,47-20-9-3-10-21-47)48-22-11-4-12-23-48/h1-41H/i28D,29D,33D,34D. The highest BCUT2D eigenvalue weighted by Gasteiger charge is 2.46. The number of fused-ring (bicyclic) bond motifs is 6. The fourth-order valence-electron chi connectivity index (χ4n) is 9.76. The van der Waals surface area contributed by atoms with Gasteiger partial charge in [-0.1, -0.05) is 200 Å². The average molecular weight is 808 g/mol. The highest BCUT2D eigenvalue weighted by Crippen LogP contribution is 2.58. The number of anilines is 3. The second-order valence-corrected chi connectivity index (χ2v) is 16.1. The first kappa shape index (κ1) is 32.6. The minimum absolute atomic E-state index is 0.106. The number of furan rings is 1. The lowest BCUT2D eigenvalue weighted by atomic mass is 9.67. The lowest BCUT2D eigenvalue weighted by Crippen LogP contribution is -2.28. The Morgan fingerprint density at radius 3 is 1.54 bits per heavy atom. The number of rotatable bonds is 8. The molecule has 0 saturated heterocycles.